The van der Waals surface area contributed by atoms with Crippen molar-refractivity contribution in [3.63, 3.8) is 0 Å². The van der Waals surface area contributed by atoms with Gasteiger partial charge in [0, 0.05) is 36.5 Å². The molecule has 1 aliphatic heterocycles. The zero-order chi connectivity index (χ0) is 26.5. The minimum atomic E-state index is -2.53. The molecule has 2 N–H and O–H groups in total. The first-order valence-corrected chi connectivity index (χ1v) is 12.1. The van der Waals surface area contributed by atoms with Crippen LogP contribution in [0, 0.1) is 6.92 Å². The number of nitrogens with one attached hydrogen (secondary N) is 2. The molecule has 0 unspecified atom stereocenters. The van der Waals surface area contributed by atoms with Crippen LogP contribution in [0.25, 0.3) is 5.69 Å². The molecule has 0 saturated heterocycles. The first-order chi connectivity index (χ1) is 18.5. The molecule has 2 aromatic carbocycles. The first-order valence-electron chi connectivity index (χ1n) is 12.1. The predicted molar refractivity (Wildman–Crippen MR) is 136 cm³/mol. The van der Waals surface area contributed by atoms with Gasteiger partial charge in [0.25, 0.3) is 6.43 Å². The number of halogens is 2. The van der Waals surface area contributed by atoms with Gasteiger partial charge < -0.3 is 20.1 Å². The summed E-state index contributed by atoms with van der Waals surface area (Å²) < 4.78 is 38.4. The highest BCUT2D eigenvalue weighted by Crippen LogP contribution is 2.22. The van der Waals surface area contributed by atoms with Crippen LogP contribution in [-0.4, -0.2) is 38.8 Å². The van der Waals surface area contributed by atoms with E-state index in [9.17, 15) is 8.78 Å². The van der Waals surface area contributed by atoms with Crippen LogP contribution in [0.5, 0.6) is 11.6 Å². The Morgan fingerprint density at radius 3 is 2.42 bits per heavy atom. The van der Waals surface area contributed by atoms with E-state index in [-0.39, 0.29) is 18.2 Å². The van der Waals surface area contributed by atoms with Crippen molar-refractivity contribution in [3.8, 4) is 17.3 Å². The molecule has 0 radical (unpaired) electrons. The van der Waals surface area contributed by atoms with Gasteiger partial charge in [-0.2, -0.15) is 0 Å². The Morgan fingerprint density at radius 2 is 1.79 bits per heavy atom. The third-order valence-electron chi connectivity index (χ3n) is 6.27. The van der Waals surface area contributed by atoms with Gasteiger partial charge in [0.05, 0.1) is 30.2 Å². The number of hydrogen-bond donors (Lipinski definition) is 2. The minimum Gasteiger partial charge on any atom is -0.497 e. The van der Waals surface area contributed by atoms with E-state index >= 15 is 0 Å². The quantitative estimate of drug-likeness (QED) is 0.339. The molecule has 9 nitrogen and oxygen atoms in total. The summed E-state index contributed by atoms with van der Waals surface area (Å²) >= 11 is 0. The van der Waals surface area contributed by atoms with Gasteiger partial charge in [0.2, 0.25) is 5.88 Å². The summed E-state index contributed by atoms with van der Waals surface area (Å²) in [6.45, 7) is 2.62. The topological polar surface area (TPSA) is 99.0 Å². The molecule has 4 aromatic rings. The third kappa shape index (κ3) is 5.72. The van der Waals surface area contributed by atoms with E-state index in [0.717, 1.165) is 23.6 Å². The normalized spacial score (nSPS) is 15.0. The number of methoxy groups -OCH3 is 1. The van der Waals surface area contributed by atoms with E-state index in [4.69, 9.17) is 9.47 Å². The predicted octanol–water partition coefficient (Wildman–Crippen LogP) is 4.21. The van der Waals surface area contributed by atoms with Crippen LogP contribution in [0.4, 0.5) is 8.78 Å². The highest BCUT2D eigenvalue weighted by molar-refractivity contribution is 5.36. The number of ether oxygens (including phenoxy) is 2. The number of aromatic nitrogens is 5. The van der Waals surface area contributed by atoms with Crippen LogP contribution < -0.4 is 20.1 Å². The van der Waals surface area contributed by atoms with Crippen molar-refractivity contribution in [2.75, 3.05) is 13.7 Å². The second kappa shape index (κ2) is 11.2. The van der Waals surface area contributed by atoms with Crippen molar-refractivity contribution < 1.29 is 18.3 Å². The van der Waals surface area contributed by atoms with Crippen molar-refractivity contribution >= 4 is 0 Å². The van der Waals surface area contributed by atoms with Crippen molar-refractivity contribution in [2.24, 2.45) is 0 Å². The van der Waals surface area contributed by atoms with E-state index in [2.05, 4.69) is 31.1 Å². The molecule has 0 bridgehead atoms. The van der Waals surface area contributed by atoms with Crippen molar-refractivity contribution in [3.05, 3.63) is 101 Å². The maximum Gasteiger partial charge on any atom is 0.263 e. The molecule has 0 spiro atoms. The Morgan fingerprint density at radius 1 is 1.00 bits per heavy atom. The number of allylic oxidation sites excluding steroid dienone is 1. The van der Waals surface area contributed by atoms with Crippen LogP contribution in [0.3, 0.4) is 0 Å². The van der Waals surface area contributed by atoms with E-state index in [0.29, 0.717) is 29.5 Å². The van der Waals surface area contributed by atoms with Crippen molar-refractivity contribution in [1.29, 1.82) is 0 Å². The fourth-order valence-electron chi connectivity index (χ4n) is 4.06. The highest BCUT2D eigenvalue weighted by Gasteiger charge is 2.18. The summed E-state index contributed by atoms with van der Waals surface area (Å²) in [5, 5.41) is 23.6. The highest BCUT2D eigenvalue weighted by atomic mass is 19.3. The molecular formula is C27H27F2N7O2. The fourth-order valence-corrected chi connectivity index (χ4v) is 4.06. The van der Waals surface area contributed by atoms with Gasteiger partial charge in [-0.15, -0.1) is 15.3 Å². The SMILES string of the molecule is COc1ccc(CC2=CN[C@H](c3ccc(OCc4c(C)nnn4-c4ccc(C(F)F)cc4)nn3)CN2)cc1. The Hall–Kier alpha value is -4.54. The largest absolute Gasteiger partial charge is 0.497 e. The van der Waals surface area contributed by atoms with Crippen LogP contribution in [0.2, 0.25) is 0 Å². The molecule has 0 fully saturated rings. The summed E-state index contributed by atoms with van der Waals surface area (Å²) in [4.78, 5) is 0. The summed E-state index contributed by atoms with van der Waals surface area (Å²) in [6.07, 6.45) is 0.224. The Bertz CT molecular complexity index is 1390. The maximum atomic E-state index is 12.9. The molecule has 3 heterocycles. The number of hydrogen-bond acceptors (Lipinski definition) is 8. The summed E-state index contributed by atoms with van der Waals surface area (Å²) in [7, 11) is 1.66. The lowest BCUT2D eigenvalue weighted by Crippen LogP contribution is -2.35. The van der Waals surface area contributed by atoms with Crippen LogP contribution in [0.15, 0.2) is 72.6 Å². The fraction of sp³-hybridized carbons (Fsp3) is 0.259. The van der Waals surface area contributed by atoms with Gasteiger partial charge in [-0.1, -0.05) is 29.5 Å². The minimum absolute atomic E-state index is 0.0275. The van der Waals surface area contributed by atoms with Crippen molar-refractivity contribution in [2.45, 2.75) is 32.4 Å². The summed E-state index contributed by atoms with van der Waals surface area (Å²) in [5.41, 5.74) is 4.98. The van der Waals surface area contributed by atoms with Gasteiger partial charge in [-0.25, -0.2) is 13.5 Å². The van der Waals surface area contributed by atoms with Crippen LogP contribution in [0.1, 0.15) is 40.7 Å². The molecule has 196 valence electrons. The Labute approximate surface area is 218 Å². The zero-order valence-corrected chi connectivity index (χ0v) is 20.9. The van der Waals surface area contributed by atoms with Gasteiger partial charge >= 0.3 is 0 Å². The second-order valence-electron chi connectivity index (χ2n) is 8.81. The molecule has 1 atom stereocenters. The third-order valence-corrected chi connectivity index (χ3v) is 6.27. The number of nitrogens with zero attached hydrogens (tertiary/aromatic N) is 5. The first kappa shape index (κ1) is 25.1. The number of benzene rings is 2. The lowest BCUT2D eigenvalue weighted by atomic mass is 10.1. The molecule has 0 amide bonds. The average molecular weight is 520 g/mol. The summed E-state index contributed by atoms with van der Waals surface area (Å²) in [5.74, 6) is 1.19. The molecular weight excluding hydrogens is 492 g/mol. The van der Waals surface area contributed by atoms with E-state index in [1.165, 1.54) is 17.7 Å². The molecule has 2 aromatic heterocycles. The van der Waals surface area contributed by atoms with E-state index in [1.54, 1.807) is 30.0 Å². The lowest BCUT2D eigenvalue weighted by molar-refractivity contribution is 0.151. The van der Waals surface area contributed by atoms with Gasteiger partial charge in [0.1, 0.15) is 18.1 Å². The van der Waals surface area contributed by atoms with Gasteiger partial charge in [0.15, 0.2) is 0 Å². The van der Waals surface area contributed by atoms with Gasteiger partial charge in [-0.05, 0) is 42.8 Å². The molecule has 1 aliphatic rings. The van der Waals surface area contributed by atoms with Crippen LogP contribution >= 0.6 is 0 Å². The molecule has 5 rings (SSSR count). The average Bonchev–Trinajstić information content (AvgIpc) is 3.33. The molecule has 0 aliphatic carbocycles. The van der Waals surface area contributed by atoms with Crippen molar-refractivity contribution in [1.82, 2.24) is 35.8 Å². The summed E-state index contributed by atoms with van der Waals surface area (Å²) in [6, 6.07) is 17.5. The molecule has 38 heavy (non-hydrogen) atoms. The zero-order valence-electron chi connectivity index (χ0n) is 20.9. The number of rotatable bonds is 9. The Balaban J connectivity index is 1.18. The molecule has 0 saturated carbocycles. The van der Waals surface area contributed by atoms with E-state index < -0.39 is 6.43 Å². The van der Waals surface area contributed by atoms with Crippen LogP contribution in [-0.2, 0) is 13.0 Å². The monoisotopic (exact) mass is 519 g/mol. The standard InChI is InChI=1S/C27H27F2N7O2/c1-17-25(36(35-32-17)21-7-5-19(6-8-21)27(28)29)16-38-26-12-11-23(33-34-26)24-15-30-20(14-31-24)13-18-3-9-22(37-2)10-4-18/h3-12,14,24,27,30-31H,13,15-16H2,1-2H3/t24-/m0/s1. The number of aryl methyl sites for hydroxylation is 1. The maximum absolute atomic E-state index is 12.9. The molecule has 11 heteroatoms. The second-order valence-corrected chi connectivity index (χ2v) is 8.81. The smallest absolute Gasteiger partial charge is 0.263 e. The lowest BCUT2D eigenvalue weighted by Gasteiger charge is -2.25. The van der Waals surface area contributed by atoms with Gasteiger partial charge in [-0.3, -0.25) is 0 Å². The Kier molecular flexibility index (Phi) is 7.43. The van der Waals surface area contributed by atoms with E-state index in [1.807, 2.05) is 43.5 Å². The number of alkyl halides is 2.